The zero-order chi connectivity index (χ0) is 11.6. The summed E-state index contributed by atoms with van der Waals surface area (Å²) in [7, 11) is 0. The van der Waals surface area contributed by atoms with E-state index < -0.39 is 5.60 Å². The first kappa shape index (κ1) is 11.0. The summed E-state index contributed by atoms with van der Waals surface area (Å²) in [6.07, 6.45) is 5.05. The zero-order valence-electron chi connectivity index (χ0n) is 9.48. The van der Waals surface area contributed by atoms with Crippen LogP contribution in [0.5, 0.6) is 0 Å². The molecular formula is C14H17NO. The fraction of sp³-hybridized carbons (Fsp3) is 0.286. The van der Waals surface area contributed by atoms with Crippen LogP contribution in [0.15, 0.2) is 48.2 Å². The molecule has 1 aromatic rings. The third-order valence-electron chi connectivity index (χ3n) is 3.16. The van der Waals surface area contributed by atoms with Crippen LogP contribution < -0.4 is 5.73 Å². The predicted molar refractivity (Wildman–Crippen MR) is 66.5 cm³/mol. The molecular weight excluding hydrogens is 198 g/mol. The summed E-state index contributed by atoms with van der Waals surface area (Å²) in [5, 5.41) is 10.5. The summed E-state index contributed by atoms with van der Waals surface area (Å²) in [6.45, 7) is 1.99. The largest absolute Gasteiger partial charge is 0.399 e. The molecule has 0 aromatic heterocycles. The van der Waals surface area contributed by atoms with Gasteiger partial charge in [-0.15, -0.1) is 0 Å². The molecule has 0 amide bonds. The molecule has 1 aliphatic carbocycles. The van der Waals surface area contributed by atoms with Crippen molar-refractivity contribution in [2.45, 2.75) is 25.4 Å². The Morgan fingerprint density at radius 1 is 1.31 bits per heavy atom. The van der Waals surface area contributed by atoms with Crippen molar-refractivity contribution < 1.29 is 5.11 Å². The van der Waals surface area contributed by atoms with E-state index in [1.807, 2.05) is 49.4 Å². The Labute approximate surface area is 96.1 Å². The second-order valence-electron chi connectivity index (χ2n) is 4.22. The van der Waals surface area contributed by atoms with Crippen molar-refractivity contribution in [1.29, 1.82) is 0 Å². The summed E-state index contributed by atoms with van der Waals surface area (Å²) >= 11 is 0. The average molecular weight is 215 g/mol. The molecule has 0 aliphatic heterocycles. The molecule has 0 saturated heterocycles. The van der Waals surface area contributed by atoms with E-state index in [1.54, 1.807) is 0 Å². The van der Waals surface area contributed by atoms with Gasteiger partial charge in [0.25, 0.3) is 0 Å². The summed E-state index contributed by atoms with van der Waals surface area (Å²) in [5.74, 6) is 0. The molecule has 0 radical (unpaired) electrons. The van der Waals surface area contributed by atoms with E-state index >= 15 is 0 Å². The highest BCUT2D eigenvalue weighted by atomic mass is 16.3. The molecule has 2 heteroatoms. The molecule has 3 N–H and O–H groups in total. The fourth-order valence-electron chi connectivity index (χ4n) is 2.06. The van der Waals surface area contributed by atoms with Crippen LogP contribution in [0.3, 0.4) is 0 Å². The molecule has 0 heterocycles. The Morgan fingerprint density at radius 3 is 2.62 bits per heavy atom. The predicted octanol–water partition coefficient (Wildman–Crippen LogP) is 2.46. The Balaban J connectivity index is 2.47. The minimum Gasteiger partial charge on any atom is -0.399 e. The van der Waals surface area contributed by atoms with Crippen molar-refractivity contribution in [3.8, 4) is 0 Å². The number of rotatable bonds is 2. The van der Waals surface area contributed by atoms with Gasteiger partial charge in [0.2, 0.25) is 0 Å². The van der Waals surface area contributed by atoms with Crippen LogP contribution in [0.2, 0.25) is 0 Å². The van der Waals surface area contributed by atoms with Crippen LogP contribution in [0.1, 0.15) is 25.3 Å². The highest BCUT2D eigenvalue weighted by molar-refractivity contribution is 5.75. The molecule has 84 valence electrons. The van der Waals surface area contributed by atoms with Gasteiger partial charge in [-0.05, 0) is 23.6 Å². The van der Waals surface area contributed by atoms with E-state index in [4.69, 9.17) is 5.73 Å². The van der Waals surface area contributed by atoms with Crippen molar-refractivity contribution in [2.24, 2.45) is 5.73 Å². The van der Waals surface area contributed by atoms with Crippen molar-refractivity contribution >= 4 is 5.57 Å². The van der Waals surface area contributed by atoms with E-state index in [1.165, 1.54) is 0 Å². The minimum atomic E-state index is -0.774. The van der Waals surface area contributed by atoms with Crippen LogP contribution >= 0.6 is 0 Å². The molecule has 2 rings (SSSR count). The maximum Gasteiger partial charge on any atom is 0.0935 e. The van der Waals surface area contributed by atoms with Crippen LogP contribution in [-0.4, -0.2) is 10.7 Å². The second-order valence-corrected chi connectivity index (χ2v) is 4.22. The van der Waals surface area contributed by atoms with Gasteiger partial charge in [-0.1, -0.05) is 43.3 Å². The van der Waals surface area contributed by atoms with Crippen molar-refractivity contribution in [3.63, 3.8) is 0 Å². The smallest absolute Gasteiger partial charge is 0.0935 e. The molecule has 1 aliphatic rings. The molecule has 0 bridgehead atoms. The third-order valence-corrected chi connectivity index (χ3v) is 3.16. The van der Waals surface area contributed by atoms with Gasteiger partial charge in [0.15, 0.2) is 0 Å². The number of benzene rings is 1. The fourth-order valence-corrected chi connectivity index (χ4v) is 2.06. The molecule has 1 aromatic carbocycles. The van der Waals surface area contributed by atoms with Crippen LogP contribution in [-0.2, 0) is 0 Å². The number of allylic oxidation sites excluding steroid dienone is 1. The third kappa shape index (κ3) is 1.89. The monoisotopic (exact) mass is 215 g/mol. The molecule has 0 spiro atoms. The van der Waals surface area contributed by atoms with Crippen LogP contribution in [0.25, 0.3) is 5.57 Å². The van der Waals surface area contributed by atoms with Crippen LogP contribution in [0.4, 0.5) is 0 Å². The lowest BCUT2D eigenvalue weighted by molar-refractivity contribution is 0.0993. The Kier molecular flexibility index (Phi) is 2.84. The van der Waals surface area contributed by atoms with E-state index in [-0.39, 0.29) is 0 Å². The van der Waals surface area contributed by atoms with Gasteiger partial charge in [0.1, 0.15) is 0 Å². The zero-order valence-corrected chi connectivity index (χ0v) is 9.48. The Bertz CT molecular complexity index is 433. The number of nitrogens with two attached hydrogens (primary N) is 1. The van der Waals surface area contributed by atoms with Gasteiger partial charge in [-0.2, -0.15) is 0 Å². The summed E-state index contributed by atoms with van der Waals surface area (Å²) in [6, 6.07) is 9.93. The maximum atomic E-state index is 10.5. The first-order valence-corrected chi connectivity index (χ1v) is 5.61. The molecule has 1 atom stereocenters. The highest BCUT2D eigenvalue weighted by Gasteiger charge is 2.31. The van der Waals surface area contributed by atoms with E-state index in [2.05, 4.69) is 0 Å². The van der Waals surface area contributed by atoms with Gasteiger partial charge in [0.05, 0.1) is 5.60 Å². The van der Waals surface area contributed by atoms with Gasteiger partial charge in [-0.3, -0.25) is 0 Å². The quantitative estimate of drug-likeness (QED) is 0.796. The minimum absolute atomic E-state index is 0.593. The van der Waals surface area contributed by atoms with E-state index in [0.717, 1.165) is 16.8 Å². The number of aliphatic hydroxyl groups is 1. The Morgan fingerprint density at radius 2 is 2.00 bits per heavy atom. The van der Waals surface area contributed by atoms with Crippen molar-refractivity contribution in [3.05, 3.63) is 53.7 Å². The number of hydrogen-bond donors (Lipinski definition) is 2. The average Bonchev–Trinajstić information content (AvgIpc) is 2.33. The highest BCUT2D eigenvalue weighted by Crippen LogP contribution is 2.36. The SMILES string of the molecule is CC[C@@]1(O)CC=C(N)C=C1c1ccccc1. The van der Waals surface area contributed by atoms with Gasteiger partial charge in [-0.25, -0.2) is 0 Å². The lowest BCUT2D eigenvalue weighted by Gasteiger charge is -2.32. The van der Waals surface area contributed by atoms with E-state index in [0.29, 0.717) is 12.8 Å². The van der Waals surface area contributed by atoms with Gasteiger partial charge < -0.3 is 10.8 Å². The maximum absolute atomic E-state index is 10.5. The summed E-state index contributed by atoms with van der Waals surface area (Å²) in [4.78, 5) is 0. The second kappa shape index (κ2) is 4.14. The molecule has 2 nitrogen and oxygen atoms in total. The first-order valence-electron chi connectivity index (χ1n) is 5.61. The van der Waals surface area contributed by atoms with Gasteiger partial charge in [0, 0.05) is 12.1 Å². The lowest BCUT2D eigenvalue weighted by atomic mass is 9.80. The number of hydrogen-bond acceptors (Lipinski definition) is 2. The summed E-state index contributed by atoms with van der Waals surface area (Å²) in [5.41, 5.74) is 7.74. The summed E-state index contributed by atoms with van der Waals surface area (Å²) < 4.78 is 0. The van der Waals surface area contributed by atoms with Crippen molar-refractivity contribution in [1.82, 2.24) is 0 Å². The van der Waals surface area contributed by atoms with Crippen molar-refractivity contribution in [2.75, 3.05) is 0 Å². The molecule has 0 unspecified atom stereocenters. The lowest BCUT2D eigenvalue weighted by Crippen LogP contribution is -2.31. The normalized spacial score (nSPS) is 24.9. The standard InChI is InChI=1S/C14H17NO/c1-2-14(16)9-8-12(15)10-13(14)11-6-4-3-5-7-11/h3-8,10,16H,2,9,15H2,1H3/t14-/m1/s1. The van der Waals surface area contributed by atoms with E-state index in [9.17, 15) is 5.11 Å². The topological polar surface area (TPSA) is 46.2 Å². The van der Waals surface area contributed by atoms with Gasteiger partial charge >= 0.3 is 0 Å². The Hall–Kier alpha value is -1.54. The molecule has 16 heavy (non-hydrogen) atoms. The molecule has 0 fully saturated rings. The molecule has 0 saturated carbocycles. The first-order chi connectivity index (χ1) is 7.65. The van der Waals surface area contributed by atoms with Crippen LogP contribution in [0, 0.1) is 0 Å².